The molecule has 0 saturated heterocycles. The second-order valence-corrected chi connectivity index (χ2v) is 15.2. The maximum Gasteiger partial charge on any atom is 0.407 e. The third kappa shape index (κ3) is 6.96. The normalized spacial score (nSPS) is 22.9. The van der Waals surface area contributed by atoms with Gasteiger partial charge in [-0.15, -0.1) is 0 Å². The molecule has 6 rings (SSSR count). The van der Waals surface area contributed by atoms with Gasteiger partial charge in [-0.05, 0) is 95.0 Å². The Bertz CT molecular complexity index is 1890. The predicted octanol–water partition coefficient (Wildman–Crippen LogP) is 6.47. The highest BCUT2D eigenvalue weighted by atomic mass is 32.2. The first-order chi connectivity index (χ1) is 23.6. The average Bonchev–Trinajstić information content (AvgIpc) is 3.86. The standard InChI is InChI=1S/C35H40F3N5O6S/c1-20-7-5-8-21(2)28(20)29-22(3)30-41-32(40-29)42-50(46,47)27-10-6-9-23(17-27)31(44)43(25-13-11-24(12-14-25)39-33(45)48-4)26(19-49-30)18-34(15-16-34)35(36,37)38/h5-10,17,24-26H,11-16,18-19H2,1-4H3,(H,39,45)(H,40,41,42)/t24-,25+,26-/m1/s1. The summed E-state index contributed by atoms with van der Waals surface area (Å²) in [5.41, 5.74) is 1.35. The number of ether oxygens (including phenoxy) is 2. The minimum absolute atomic E-state index is 0.00354. The molecule has 1 atom stereocenters. The van der Waals surface area contributed by atoms with Gasteiger partial charge >= 0.3 is 12.3 Å². The molecule has 1 aliphatic heterocycles. The van der Waals surface area contributed by atoms with Crippen LogP contribution >= 0.6 is 0 Å². The zero-order valence-electron chi connectivity index (χ0n) is 28.3. The van der Waals surface area contributed by atoms with Gasteiger partial charge in [0.2, 0.25) is 11.8 Å². The predicted molar refractivity (Wildman–Crippen MR) is 178 cm³/mol. The van der Waals surface area contributed by atoms with Crippen LogP contribution in [0.3, 0.4) is 0 Å². The van der Waals surface area contributed by atoms with Gasteiger partial charge in [0.15, 0.2) is 0 Å². The van der Waals surface area contributed by atoms with Crippen LogP contribution in [0.4, 0.5) is 23.9 Å². The maximum atomic E-state index is 14.5. The zero-order valence-corrected chi connectivity index (χ0v) is 29.1. The van der Waals surface area contributed by atoms with E-state index in [1.807, 2.05) is 32.0 Å². The number of halogens is 3. The Morgan fingerprint density at radius 2 is 1.72 bits per heavy atom. The molecule has 2 aromatic carbocycles. The lowest BCUT2D eigenvalue weighted by molar-refractivity contribution is -0.193. The number of sulfonamides is 1. The van der Waals surface area contributed by atoms with Crippen molar-refractivity contribution >= 4 is 28.0 Å². The molecular formula is C35H40F3N5O6S. The number of benzene rings is 2. The van der Waals surface area contributed by atoms with Crippen LogP contribution in [-0.4, -0.2) is 73.3 Å². The van der Waals surface area contributed by atoms with Crippen molar-refractivity contribution in [1.82, 2.24) is 20.2 Å². The Labute approximate surface area is 289 Å². The second-order valence-electron chi connectivity index (χ2n) is 13.5. The van der Waals surface area contributed by atoms with Gasteiger partial charge in [0.25, 0.3) is 15.9 Å². The Balaban J connectivity index is 1.49. The first kappa shape index (κ1) is 35.4. The number of aromatic nitrogens is 2. The van der Waals surface area contributed by atoms with E-state index in [0.717, 1.165) is 16.7 Å². The van der Waals surface area contributed by atoms with Crippen LogP contribution < -0.4 is 14.8 Å². The summed E-state index contributed by atoms with van der Waals surface area (Å²) in [5, 5.41) is 2.77. The number of nitrogens with zero attached hydrogens (tertiary/aromatic N) is 3. The Morgan fingerprint density at radius 1 is 1.06 bits per heavy atom. The van der Waals surface area contributed by atoms with E-state index >= 15 is 0 Å². The van der Waals surface area contributed by atoms with Gasteiger partial charge < -0.3 is 19.7 Å². The number of rotatable bonds is 5. The quantitative estimate of drug-likeness (QED) is 0.307. The van der Waals surface area contributed by atoms with Crippen LogP contribution in [0.25, 0.3) is 11.3 Å². The van der Waals surface area contributed by atoms with Crippen LogP contribution in [0.1, 0.15) is 72.0 Å². The van der Waals surface area contributed by atoms with Crippen molar-refractivity contribution in [2.45, 2.75) is 94.9 Å². The van der Waals surface area contributed by atoms with Gasteiger partial charge in [-0.3, -0.25) is 4.79 Å². The average molecular weight is 716 g/mol. The summed E-state index contributed by atoms with van der Waals surface area (Å²) < 4.78 is 84.5. The highest BCUT2D eigenvalue weighted by molar-refractivity contribution is 7.92. The van der Waals surface area contributed by atoms with Crippen LogP contribution in [0.5, 0.6) is 5.88 Å². The number of aryl methyl sites for hydroxylation is 2. The van der Waals surface area contributed by atoms with Crippen LogP contribution in [0.15, 0.2) is 47.4 Å². The lowest BCUT2D eigenvalue weighted by Gasteiger charge is -2.42. The van der Waals surface area contributed by atoms with E-state index in [4.69, 9.17) is 9.47 Å². The molecule has 3 aliphatic rings. The molecule has 2 fully saturated rings. The summed E-state index contributed by atoms with van der Waals surface area (Å²) in [6.07, 6.45) is -3.99. The topological polar surface area (TPSA) is 140 Å². The molecule has 3 aromatic rings. The molecule has 2 aliphatic carbocycles. The van der Waals surface area contributed by atoms with E-state index in [0.29, 0.717) is 36.9 Å². The summed E-state index contributed by atoms with van der Waals surface area (Å²) in [6, 6.07) is 9.26. The molecule has 1 aromatic heterocycles. The third-order valence-electron chi connectivity index (χ3n) is 10.2. The first-order valence-electron chi connectivity index (χ1n) is 16.6. The van der Waals surface area contributed by atoms with E-state index in [2.05, 4.69) is 20.0 Å². The fourth-order valence-electron chi connectivity index (χ4n) is 7.21. The largest absolute Gasteiger partial charge is 0.475 e. The highest BCUT2D eigenvalue weighted by Gasteiger charge is 2.64. The van der Waals surface area contributed by atoms with E-state index in [-0.39, 0.29) is 47.8 Å². The molecule has 0 unspecified atom stereocenters. The molecule has 268 valence electrons. The number of hydrogen-bond acceptors (Lipinski definition) is 8. The molecule has 11 nitrogen and oxygen atoms in total. The molecule has 4 bridgehead atoms. The lowest BCUT2D eigenvalue weighted by atomic mass is 9.87. The van der Waals surface area contributed by atoms with Crippen LogP contribution in [0.2, 0.25) is 0 Å². The highest BCUT2D eigenvalue weighted by Crippen LogP contribution is 2.61. The van der Waals surface area contributed by atoms with E-state index < -0.39 is 52.1 Å². The van der Waals surface area contributed by atoms with Gasteiger partial charge in [0.1, 0.15) is 6.61 Å². The first-order valence-corrected chi connectivity index (χ1v) is 18.1. The minimum Gasteiger partial charge on any atom is -0.475 e. The number of anilines is 1. The van der Waals surface area contributed by atoms with Crippen molar-refractivity contribution in [1.29, 1.82) is 0 Å². The second kappa shape index (κ2) is 13.4. The SMILES string of the molecule is COC(=O)N[C@H]1CC[C@@H](N2C(=O)c3cccc(c3)S(=O)(=O)Nc3nc(c(C)c(-c4c(C)cccc4C)n3)OC[C@H]2CC2(C(F)(F)F)CC2)CC1. The van der Waals surface area contributed by atoms with Gasteiger partial charge in [-0.25, -0.2) is 22.9 Å². The minimum atomic E-state index is -4.50. The van der Waals surface area contributed by atoms with Crippen molar-refractivity contribution in [3.05, 3.63) is 64.7 Å². The number of carbonyl (C=O) groups is 2. The van der Waals surface area contributed by atoms with Crippen LogP contribution in [-0.2, 0) is 14.8 Å². The number of hydrogen-bond donors (Lipinski definition) is 2. The van der Waals surface area contributed by atoms with Gasteiger partial charge in [-0.2, -0.15) is 18.2 Å². The van der Waals surface area contributed by atoms with Crippen LogP contribution in [0, 0.1) is 26.2 Å². The lowest BCUT2D eigenvalue weighted by Crippen LogP contribution is -2.53. The fourth-order valence-corrected chi connectivity index (χ4v) is 8.20. The zero-order chi connectivity index (χ0) is 36.0. The summed E-state index contributed by atoms with van der Waals surface area (Å²) in [6.45, 7) is 5.16. The van der Waals surface area contributed by atoms with E-state index in [9.17, 15) is 31.2 Å². The molecule has 2 N–H and O–H groups in total. The Hall–Kier alpha value is -4.40. The fraction of sp³-hybridized carbons (Fsp3) is 0.486. The van der Waals surface area contributed by atoms with E-state index in [1.165, 1.54) is 36.3 Å². The molecule has 2 amide bonds. The number of nitrogens with one attached hydrogen (secondary N) is 2. The Kier molecular flexibility index (Phi) is 9.48. The number of carbonyl (C=O) groups excluding carboxylic acids is 2. The number of methoxy groups -OCH3 is 1. The maximum absolute atomic E-state index is 14.5. The van der Waals surface area contributed by atoms with Gasteiger partial charge in [0.05, 0.1) is 29.2 Å². The molecular weight excluding hydrogens is 675 g/mol. The number of amides is 2. The monoisotopic (exact) mass is 715 g/mol. The van der Waals surface area contributed by atoms with Gasteiger partial charge in [-0.1, -0.05) is 24.3 Å². The van der Waals surface area contributed by atoms with Gasteiger partial charge in [0, 0.05) is 28.8 Å². The molecule has 50 heavy (non-hydrogen) atoms. The number of alkyl carbamates (subject to hydrolysis) is 1. The molecule has 0 spiro atoms. The van der Waals surface area contributed by atoms with Crippen molar-refractivity contribution < 1.29 is 40.7 Å². The van der Waals surface area contributed by atoms with Crippen molar-refractivity contribution in [3.63, 3.8) is 0 Å². The molecule has 0 radical (unpaired) electrons. The van der Waals surface area contributed by atoms with E-state index in [1.54, 1.807) is 6.92 Å². The number of alkyl halides is 3. The molecule has 2 heterocycles. The summed E-state index contributed by atoms with van der Waals surface area (Å²) in [7, 11) is -3.07. The molecule has 2 saturated carbocycles. The summed E-state index contributed by atoms with van der Waals surface area (Å²) in [5.74, 6) is -0.900. The smallest absolute Gasteiger partial charge is 0.407 e. The van der Waals surface area contributed by atoms with Crippen molar-refractivity contribution in [2.75, 3.05) is 18.4 Å². The summed E-state index contributed by atoms with van der Waals surface area (Å²) in [4.78, 5) is 36.6. The third-order valence-corrected chi connectivity index (χ3v) is 11.5. The summed E-state index contributed by atoms with van der Waals surface area (Å²) >= 11 is 0. The van der Waals surface area contributed by atoms with Crippen molar-refractivity contribution in [3.8, 4) is 17.1 Å². The van der Waals surface area contributed by atoms with Crippen molar-refractivity contribution in [2.24, 2.45) is 5.41 Å². The number of fused-ring (bicyclic) bond motifs is 4. The molecule has 15 heteroatoms. The Morgan fingerprint density at radius 3 is 2.34 bits per heavy atom.